The first-order valence-electron chi connectivity index (χ1n) is 7.14. The summed E-state index contributed by atoms with van der Waals surface area (Å²) in [4.78, 5) is 22.3. The van der Waals surface area contributed by atoms with Crippen LogP contribution in [0.15, 0.2) is 54.2 Å². The van der Waals surface area contributed by atoms with Crippen LogP contribution in [0.1, 0.15) is 18.1 Å². The molecule has 0 aliphatic heterocycles. The Kier molecular flexibility index (Phi) is 5.98. The van der Waals surface area contributed by atoms with Crippen molar-refractivity contribution in [1.82, 2.24) is 5.32 Å². The van der Waals surface area contributed by atoms with E-state index in [2.05, 4.69) is 5.32 Å². The van der Waals surface area contributed by atoms with Crippen LogP contribution >= 0.6 is 11.6 Å². The Labute approximate surface area is 144 Å². The largest absolute Gasteiger partial charge is 0.488 e. The minimum atomic E-state index is -1.22. The van der Waals surface area contributed by atoms with Crippen molar-refractivity contribution in [2.75, 3.05) is 0 Å². The van der Waals surface area contributed by atoms with Crippen LogP contribution in [-0.4, -0.2) is 17.0 Å². The number of nitrogens with one attached hydrogen (secondary N) is 1. The SMILES string of the molecule is CC(=O)NC(=Cc1ccccc1OCc1ccc(Cl)cc1)C(=O)O. The number of hydrogen-bond acceptors (Lipinski definition) is 3. The van der Waals surface area contributed by atoms with Gasteiger partial charge in [-0.3, -0.25) is 4.79 Å². The molecule has 1 amide bonds. The Morgan fingerprint density at radius 3 is 2.46 bits per heavy atom. The number of amides is 1. The molecule has 0 aliphatic carbocycles. The van der Waals surface area contributed by atoms with Crippen molar-refractivity contribution < 1.29 is 19.4 Å². The topological polar surface area (TPSA) is 75.6 Å². The molecular weight excluding hydrogens is 330 g/mol. The lowest BCUT2D eigenvalue weighted by molar-refractivity contribution is -0.134. The highest BCUT2D eigenvalue weighted by molar-refractivity contribution is 6.30. The smallest absolute Gasteiger partial charge is 0.352 e. The molecule has 0 spiro atoms. The van der Waals surface area contributed by atoms with Gasteiger partial charge in [0.05, 0.1) is 0 Å². The summed E-state index contributed by atoms with van der Waals surface area (Å²) in [7, 11) is 0. The number of aliphatic carboxylic acids is 1. The van der Waals surface area contributed by atoms with E-state index in [-0.39, 0.29) is 5.70 Å². The molecule has 0 saturated heterocycles. The number of halogens is 1. The molecule has 0 aliphatic rings. The number of carbonyl (C=O) groups excluding carboxylic acids is 1. The van der Waals surface area contributed by atoms with Gasteiger partial charge in [-0.25, -0.2) is 4.79 Å². The molecule has 5 nitrogen and oxygen atoms in total. The zero-order chi connectivity index (χ0) is 17.5. The number of hydrogen-bond donors (Lipinski definition) is 2. The van der Waals surface area contributed by atoms with Gasteiger partial charge >= 0.3 is 5.97 Å². The van der Waals surface area contributed by atoms with Gasteiger partial charge in [-0.2, -0.15) is 0 Å². The van der Waals surface area contributed by atoms with E-state index in [1.807, 2.05) is 12.1 Å². The molecule has 2 N–H and O–H groups in total. The summed E-state index contributed by atoms with van der Waals surface area (Å²) >= 11 is 5.84. The van der Waals surface area contributed by atoms with Gasteiger partial charge in [0, 0.05) is 17.5 Å². The van der Waals surface area contributed by atoms with E-state index in [4.69, 9.17) is 16.3 Å². The van der Waals surface area contributed by atoms with Crippen molar-refractivity contribution in [1.29, 1.82) is 0 Å². The number of carbonyl (C=O) groups is 2. The van der Waals surface area contributed by atoms with Crippen molar-refractivity contribution >= 4 is 29.6 Å². The summed E-state index contributed by atoms with van der Waals surface area (Å²) in [6.07, 6.45) is 1.36. The standard InChI is InChI=1S/C18H16ClNO4/c1-12(21)20-16(18(22)23)10-14-4-2-3-5-17(14)24-11-13-6-8-15(19)9-7-13/h2-10H,11H2,1H3,(H,20,21)(H,22,23). The maximum Gasteiger partial charge on any atom is 0.352 e. The molecule has 0 aromatic heterocycles. The summed E-state index contributed by atoms with van der Waals surface area (Å²) < 4.78 is 5.76. The van der Waals surface area contributed by atoms with Gasteiger partial charge in [-0.05, 0) is 29.8 Å². The molecule has 0 fully saturated rings. The Morgan fingerprint density at radius 1 is 1.17 bits per heavy atom. The first-order chi connectivity index (χ1) is 11.5. The Morgan fingerprint density at radius 2 is 1.83 bits per heavy atom. The van der Waals surface area contributed by atoms with Crippen LogP contribution in [0.25, 0.3) is 6.08 Å². The van der Waals surface area contributed by atoms with Gasteiger partial charge in [-0.1, -0.05) is 41.9 Å². The van der Waals surface area contributed by atoms with Crippen LogP contribution in [0.4, 0.5) is 0 Å². The molecule has 2 rings (SSSR count). The second-order valence-corrected chi connectivity index (χ2v) is 5.43. The van der Waals surface area contributed by atoms with E-state index in [1.165, 1.54) is 13.0 Å². The van der Waals surface area contributed by atoms with E-state index in [9.17, 15) is 14.7 Å². The van der Waals surface area contributed by atoms with Crippen molar-refractivity contribution in [3.8, 4) is 5.75 Å². The van der Waals surface area contributed by atoms with Crippen LogP contribution in [0, 0.1) is 0 Å². The third-order valence-corrected chi connectivity index (χ3v) is 3.32. The summed E-state index contributed by atoms with van der Waals surface area (Å²) in [5.74, 6) is -1.17. The average Bonchev–Trinajstić information content (AvgIpc) is 2.54. The fourth-order valence-corrected chi connectivity index (χ4v) is 2.10. The van der Waals surface area contributed by atoms with E-state index >= 15 is 0 Å². The molecule has 0 atom stereocenters. The zero-order valence-corrected chi connectivity index (χ0v) is 13.7. The fourth-order valence-electron chi connectivity index (χ4n) is 1.97. The minimum Gasteiger partial charge on any atom is -0.488 e. The number of ether oxygens (including phenoxy) is 1. The zero-order valence-electron chi connectivity index (χ0n) is 13.0. The van der Waals surface area contributed by atoms with E-state index in [1.54, 1.807) is 36.4 Å². The van der Waals surface area contributed by atoms with Crippen LogP contribution < -0.4 is 10.1 Å². The molecule has 2 aromatic rings. The van der Waals surface area contributed by atoms with Crippen molar-refractivity contribution in [2.24, 2.45) is 0 Å². The molecule has 0 heterocycles. The van der Waals surface area contributed by atoms with Crippen LogP contribution in [-0.2, 0) is 16.2 Å². The molecule has 0 saturated carbocycles. The maximum absolute atomic E-state index is 11.2. The predicted octanol–water partition coefficient (Wildman–Crippen LogP) is 3.48. The molecule has 2 aromatic carbocycles. The molecular formula is C18H16ClNO4. The third-order valence-electron chi connectivity index (χ3n) is 3.07. The minimum absolute atomic E-state index is 0.218. The van der Waals surface area contributed by atoms with Crippen LogP contribution in [0.3, 0.4) is 0 Å². The predicted molar refractivity (Wildman–Crippen MR) is 91.7 cm³/mol. The lowest BCUT2D eigenvalue weighted by Gasteiger charge is -2.10. The van der Waals surface area contributed by atoms with Crippen molar-refractivity contribution in [2.45, 2.75) is 13.5 Å². The summed E-state index contributed by atoms with van der Waals surface area (Å²) in [6.45, 7) is 1.56. The summed E-state index contributed by atoms with van der Waals surface area (Å²) in [5.41, 5.74) is 1.26. The van der Waals surface area contributed by atoms with Crippen molar-refractivity contribution in [3.63, 3.8) is 0 Å². The number of benzene rings is 2. The average molecular weight is 346 g/mol. The highest BCUT2D eigenvalue weighted by atomic mass is 35.5. The third kappa shape index (κ3) is 5.14. The van der Waals surface area contributed by atoms with E-state index in [0.29, 0.717) is 22.9 Å². The first-order valence-corrected chi connectivity index (χ1v) is 7.52. The Bertz CT molecular complexity index is 769. The highest BCUT2D eigenvalue weighted by Crippen LogP contribution is 2.22. The van der Waals surface area contributed by atoms with Gasteiger partial charge < -0.3 is 15.2 Å². The lowest BCUT2D eigenvalue weighted by Crippen LogP contribution is -2.24. The summed E-state index contributed by atoms with van der Waals surface area (Å²) in [6, 6.07) is 14.2. The van der Waals surface area contributed by atoms with Gasteiger partial charge in [0.1, 0.15) is 18.1 Å². The molecule has 24 heavy (non-hydrogen) atoms. The van der Waals surface area contributed by atoms with Crippen LogP contribution in [0.2, 0.25) is 5.02 Å². The van der Waals surface area contributed by atoms with E-state index in [0.717, 1.165) is 5.56 Å². The quantitative estimate of drug-likeness (QED) is 0.786. The Balaban J connectivity index is 2.21. The Hall–Kier alpha value is -2.79. The molecule has 6 heteroatoms. The second kappa shape index (κ2) is 8.17. The number of carboxylic acid groups (broad SMARTS) is 1. The molecule has 124 valence electrons. The highest BCUT2D eigenvalue weighted by Gasteiger charge is 2.11. The van der Waals surface area contributed by atoms with Gasteiger partial charge in [0.25, 0.3) is 0 Å². The molecule has 0 bridgehead atoms. The number of carboxylic acids is 1. The number of para-hydroxylation sites is 1. The van der Waals surface area contributed by atoms with Gasteiger partial charge in [-0.15, -0.1) is 0 Å². The first kappa shape index (κ1) is 17.6. The number of rotatable bonds is 6. The fraction of sp³-hybridized carbons (Fsp3) is 0.111. The second-order valence-electron chi connectivity index (χ2n) is 5.00. The van der Waals surface area contributed by atoms with Gasteiger partial charge in [0.2, 0.25) is 5.91 Å². The van der Waals surface area contributed by atoms with Crippen molar-refractivity contribution in [3.05, 3.63) is 70.4 Å². The van der Waals surface area contributed by atoms with Crippen LogP contribution in [0.5, 0.6) is 5.75 Å². The lowest BCUT2D eigenvalue weighted by atomic mass is 10.1. The monoisotopic (exact) mass is 345 g/mol. The normalized spacial score (nSPS) is 11.0. The van der Waals surface area contributed by atoms with Gasteiger partial charge in [0.15, 0.2) is 0 Å². The maximum atomic E-state index is 11.2. The molecule has 0 radical (unpaired) electrons. The molecule has 0 unspecified atom stereocenters. The van der Waals surface area contributed by atoms with E-state index < -0.39 is 11.9 Å². The summed E-state index contributed by atoms with van der Waals surface area (Å²) in [5, 5.41) is 12.1.